The number of nitrogens with zero attached hydrogens (tertiary/aromatic N) is 1. The number of likely N-dealkylation sites (N-methyl/N-ethyl adjacent to an activating group) is 1. The Labute approximate surface area is 127 Å². The highest BCUT2D eigenvalue weighted by atomic mass is 16.5. The smallest absolute Gasteiger partial charge is 0.318 e. The normalized spacial score (nSPS) is 10.9. The third-order valence-corrected chi connectivity index (χ3v) is 3.21. The minimum absolute atomic E-state index is 0.188. The number of amides is 2. The highest BCUT2D eigenvalue weighted by Crippen LogP contribution is 2.11. The van der Waals surface area contributed by atoms with Gasteiger partial charge in [0.15, 0.2) is 0 Å². The van der Waals surface area contributed by atoms with Crippen molar-refractivity contribution in [1.29, 1.82) is 0 Å². The topological polar surface area (TPSA) is 53.6 Å². The highest BCUT2D eigenvalue weighted by Gasteiger charge is 2.00. The van der Waals surface area contributed by atoms with Crippen molar-refractivity contribution in [2.75, 3.05) is 33.3 Å². The highest BCUT2D eigenvalue weighted by molar-refractivity contribution is 5.75. The fourth-order valence-corrected chi connectivity index (χ4v) is 1.85. The van der Waals surface area contributed by atoms with Gasteiger partial charge in [-0.1, -0.05) is 26.0 Å². The van der Waals surface area contributed by atoms with Gasteiger partial charge in [0, 0.05) is 19.3 Å². The standard InChI is InChI=1S/C16H25N3O2/c1-4-19(5-2)13-12-18-16(20)17-11-10-14-6-8-15(21-3)9-7-14/h6-11H,4-5,12-13H2,1-3H3,(H2,17,18,20)/b11-10+. The van der Waals surface area contributed by atoms with Gasteiger partial charge in [-0.25, -0.2) is 4.79 Å². The van der Waals surface area contributed by atoms with Crippen molar-refractivity contribution in [1.82, 2.24) is 15.5 Å². The summed E-state index contributed by atoms with van der Waals surface area (Å²) in [6.45, 7) is 7.73. The number of ether oxygens (including phenoxy) is 1. The molecule has 0 aliphatic rings. The molecular weight excluding hydrogens is 266 g/mol. The molecule has 0 aromatic heterocycles. The summed E-state index contributed by atoms with van der Waals surface area (Å²) in [5.41, 5.74) is 0.999. The van der Waals surface area contributed by atoms with Crippen LogP contribution in [0.2, 0.25) is 0 Å². The maximum Gasteiger partial charge on any atom is 0.318 e. The molecule has 0 aliphatic heterocycles. The number of carbonyl (C=O) groups excluding carboxylic acids is 1. The van der Waals surface area contributed by atoms with E-state index >= 15 is 0 Å². The number of methoxy groups -OCH3 is 1. The molecule has 2 N–H and O–H groups in total. The Morgan fingerprint density at radius 3 is 2.48 bits per heavy atom. The first kappa shape index (κ1) is 17.0. The van der Waals surface area contributed by atoms with Crippen LogP contribution in [0.3, 0.4) is 0 Å². The Morgan fingerprint density at radius 2 is 1.90 bits per heavy atom. The molecule has 0 aliphatic carbocycles. The molecule has 0 radical (unpaired) electrons. The SMILES string of the molecule is CCN(CC)CCNC(=O)N/C=C/c1ccc(OC)cc1. The first-order valence-electron chi connectivity index (χ1n) is 7.26. The minimum Gasteiger partial charge on any atom is -0.497 e. The van der Waals surface area contributed by atoms with Crippen LogP contribution in [0.1, 0.15) is 19.4 Å². The summed E-state index contributed by atoms with van der Waals surface area (Å²) in [6.07, 6.45) is 3.47. The second-order valence-corrected chi connectivity index (χ2v) is 4.53. The Kier molecular flexibility index (Phi) is 7.97. The van der Waals surface area contributed by atoms with E-state index in [1.54, 1.807) is 13.3 Å². The van der Waals surface area contributed by atoms with Crippen molar-refractivity contribution in [2.24, 2.45) is 0 Å². The molecule has 1 rings (SSSR count). The van der Waals surface area contributed by atoms with E-state index in [4.69, 9.17) is 4.74 Å². The molecule has 2 amide bonds. The fraction of sp³-hybridized carbons (Fsp3) is 0.438. The third kappa shape index (κ3) is 6.81. The van der Waals surface area contributed by atoms with Crippen LogP contribution in [-0.2, 0) is 0 Å². The first-order valence-corrected chi connectivity index (χ1v) is 7.26. The molecule has 5 heteroatoms. The summed E-state index contributed by atoms with van der Waals surface area (Å²) in [4.78, 5) is 13.8. The molecule has 0 saturated heterocycles. The summed E-state index contributed by atoms with van der Waals surface area (Å²) >= 11 is 0. The zero-order valence-electron chi connectivity index (χ0n) is 13.1. The van der Waals surface area contributed by atoms with E-state index in [0.717, 1.165) is 30.9 Å². The molecule has 0 spiro atoms. The van der Waals surface area contributed by atoms with Gasteiger partial charge < -0.3 is 20.3 Å². The number of benzene rings is 1. The molecule has 116 valence electrons. The monoisotopic (exact) mass is 291 g/mol. The molecule has 0 atom stereocenters. The number of hydrogen-bond acceptors (Lipinski definition) is 3. The van der Waals surface area contributed by atoms with Crippen molar-refractivity contribution < 1.29 is 9.53 Å². The first-order chi connectivity index (χ1) is 10.2. The molecule has 0 saturated carbocycles. The van der Waals surface area contributed by atoms with Crippen molar-refractivity contribution in [3.8, 4) is 5.75 Å². The van der Waals surface area contributed by atoms with Gasteiger partial charge in [-0.15, -0.1) is 0 Å². The number of nitrogens with one attached hydrogen (secondary N) is 2. The fourth-order valence-electron chi connectivity index (χ4n) is 1.85. The van der Waals surface area contributed by atoms with E-state index in [1.807, 2.05) is 30.3 Å². The predicted octanol–water partition coefficient (Wildman–Crippen LogP) is 2.31. The molecular formula is C16H25N3O2. The second kappa shape index (κ2) is 9.83. The number of carbonyl (C=O) groups is 1. The van der Waals surface area contributed by atoms with Crippen LogP contribution < -0.4 is 15.4 Å². The van der Waals surface area contributed by atoms with E-state index in [9.17, 15) is 4.79 Å². The molecule has 0 unspecified atom stereocenters. The van der Waals surface area contributed by atoms with Crippen LogP contribution in [0.25, 0.3) is 6.08 Å². The molecule has 0 fully saturated rings. The molecule has 21 heavy (non-hydrogen) atoms. The lowest BCUT2D eigenvalue weighted by molar-refractivity contribution is 0.240. The lowest BCUT2D eigenvalue weighted by Crippen LogP contribution is -2.38. The number of rotatable bonds is 8. The summed E-state index contributed by atoms with van der Waals surface area (Å²) in [6, 6.07) is 7.42. The molecule has 1 aromatic carbocycles. The number of urea groups is 1. The second-order valence-electron chi connectivity index (χ2n) is 4.53. The van der Waals surface area contributed by atoms with Crippen molar-refractivity contribution in [3.63, 3.8) is 0 Å². The Bertz CT molecular complexity index is 439. The largest absolute Gasteiger partial charge is 0.497 e. The van der Waals surface area contributed by atoms with Gasteiger partial charge >= 0.3 is 6.03 Å². The Morgan fingerprint density at radius 1 is 1.24 bits per heavy atom. The van der Waals surface area contributed by atoms with Crippen LogP contribution in [0, 0.1) is 0 Å². The van der Waals surface area contributed by atoms with Gasteiger partial charge in [-0.2, -0.15) is 0 Å². The van der Waals surface area contributed by atoms with E-state index < -0.39 is 0 Å². The predicted molar refractivity (Wildman–Crippen MR) is 86.4 cm³/mol. The lowest BCUT2D eigenvalue weighted by atomic mass is 10.2. The summed E-state index contributed by atoms with van der Waals surface area (Å²) in [5.74, 6) is 0.814. The van der Waals surface area contributed by atoms with Gasteiger partial charge in [-0.05, 0) is 36.9 Å². The maximum atomic E-state index is 11.6. The van der Waals surface area contributed by atoms with Gasteiger partial charge in [0.1, 0.15) is 5.75 Å². The molecule has 0 bridgehead atoms. The van der Waals surface area contributed by atoms with E-state index in [1.165, 1.54) is 0 Å². The summed E-state index contributed by atoms with van der Waals surface area (Å²) in [7, 11) is 1.63. The molecule has 1 aromatic rings. The maximum absolute atomic E-state index is 11.6. The van der Waals surface area contributed by atoms with Crippen molar-refractivity contribution in [2.45, 2.75) is 13.8 Å². The summed E-state index contributed by atoms with van der Waals surface area (Å²) in [5, 5.41) is 5.51. The van der Waals surface area contributed by atoms with Crippen LogP contribution >= 0.6 is 0 Å². The summed E-state index contributed by atoms with van der Waals surface area (Å²) < 4.78 is 5.09. The van der Waals surface area contributed by atoms with E-state index in [-0.39, 0.29) is 6.03 Å². The van der Waals surface area contributed by atoms with Gasteiger partial charge in [0.25, 0.3) is 0 Å². The van der Waals surface area contributed by atoms with Crippen molar-refractivity contribution in [3.05, 3.63) is 36.0 Å². The van der Waals surface area contributed by atoms with Gasteiger partial charge in [-0.3, -0.25) is 0 Å². The van der Waals surface area contributed by atoms with Crippen molar-refractivity contribution >= 4 is 12.1 Å². The third-order valence-electron chi connectivity index (χ3n) is 3.21. The zero-order chi connectivity index (χ0) is 15.5. The number of hydrogen-bond donors (Lipinski definition) is 2. The Balaban J connectivity index is 2.26. The quantitative estimate of drug-likeness (QED) is 0.773. The average Bonchev–Trinajstić information content (AvgIpc) is 2.52. The Hall–Kier alpha value is -2.01. The lowest BCUT2D eigenvalue weighted by Gasteiger charge is -2.17. The zero-order valence-corrected chi connectivity index (χ0v) is 13.1. The average molecular weight is 291 g/mol. The molecule has 5 nitrogen and oxygen atoms in total. The van der Waals surface area contributed by atoms with Crippen LogP contribution in [0.5, 0.6) is 5.75 Å². The van der Waals surface area contributed by atoms with Crippen LogP contribution in [0.4, 0.5) is 4.79 Å². The minimum atomic E-state index is -0.188. The van der Waals surface area contributed by atoms with Crippen LogP contribution in [0.15, 0.2) is 30.5 Å². The van der Waals surface area contributed by atoms with Gasteiger partial charge in [0.2, 0.25) is 0 Å². The van der Waals surface area contributed by atoms with Crippen LogP contribution in [-0.4, -0.2) is 44.2 Å². The molecule has 0 heterocycles. The van der Waals surface area contributed by atoms with E-state index in [2.05, 4.69) is 29.4 Å². The van der Waals surface area contributed by atoms with Gasteiger partial charge in [0.05, 0.1) is 7.11 Å². The van der Waals surface area contributed by atoms with E-state index in [0.29, 0.717) is 6.54 Å².